The van der Waals surface area contributed by atoms with Crippen LogP contribution in [0.2, 0.25) is 5.02 Å². The monoisotopic (exact) mass is 247 g/mol. The minimum Gasteiger partial charge on any atom is -0.361 e. The van der Waals surface area contributed by atoms with Crippen LogP contribution in [0.15, 0.2) is 30.6 Å². The molecule has 0 amide bonds. The molecule has 1 aliphatic rings. The molecule has 1 unspecified atom stereocenters. The highest BCUT2D eigenvalue weighted by Crippen LogP contribution is 2.35. The summed E-state index contributed by atoms with van der Waals surface area (Å²) in [6, 6.07) is 6.39. The zero-order valence-electron chi connectivity index (χ0n) is 9.65. The van der Waals surface area contributed by atoms with E-state index in [-0.39, 0.29) is 6.04 Å². The van der Waals surface area contributed by atoms with Gasteiger partial charge in [-0.25, -0.2) is 4.98 Å². The smallest absolute Gasteiger partial charge is 0.128 e. The summed E-state index contributed by atoms with van der Waals surface area (Å²) in [5, 5.41) is 0.816. The molecule has 0 spiro atoms. The van der Waals surface area contributed by atoms with E-state index in [2.05, 4.69) is 33.9 Å². The summed E-state index contributed by atoms with van der Waals surface area (Å²) in [6.45, 7) is 3.19. The molecule has 0 bridgehead atoms. The van der Waals surface area contributed by atoms with Crippen LogP contribution in [-0.4, -0.2) is 16.5 Å². The zero-order chi connectivity index (χ0) is 11.8. The second-order valence-corrected chi connectivity index (χ2v) is 4.80. The molecule has 88 valence electrons. The van der Waals surface area contributed by atoms with Crippen LogP contribution in [0.25, 0.3) is 0 Å². The first kappa shape index (κ1) is 10.7. The van der Waals surface area contributed by atoms with Gasteiger partial charge in [-0.05, 0) is 37.1 Å². The Kier molecular flexibility index (Phi) is 2.56. The van der Waals surface area contributed by atoms with E-state index >= 15 is 0 Å². The molecule has 0 saturated carbocycles. The Morgan fingerprint density at radius 1 is 1.47 bits per heavy atom. The highest BCUT2D eigenvalue weighted by atomic mass is 35.5. The van der Waals surface area contributed by atoms with E-state index in [9.17, 15) is 0 Å². The number of hydrogen-bond acceptors (Lipinski definition) is 2. The van der Waals surface area contributed by atoms with E-state index in [1.807, 2.05) is 12.3 Å². The standard InChI is InChI=1S/C13H14ClN3/c1-9(13-15-5-6-16-13)17-7-4-10-8-11(14)2-3-12(10)17/h2-3,5-6,8-9H,4,7H2,1H3,(H,15,16). The Morgan fingerprint density at radius 3 is 3.12 bits per heavy atom. The fourth-order valence-corrected chi connectivity index (χ4v) is 2.65. The third-order valence-corrected chi connectivity index (χ3v) is 3.59. The van der Waals surface area contributed by atoms with Gasteiger partial charge in [0.05, 0.1) is 6.04 Å². The highest BCUT2D eigenvalue weighted by molar-refractivity contribution is 6.30. The summed E-state index contributed by atoms with van der Waals surface area (Å²) in [4.78, 5) is 9.87. The van der Waals surface area contributed by atoms with Crippen molar-refractivity contribution in [3.8, 4) is 0 Å². The fourth-order valence-electron chi connectivity index (χ4n) is 2.45. The molecule has 0 radical (unpaired) electrons. The van der Waals surface area contributed by atoms with Crippen LogP contribution < -0.4 is 4.90 Å². The molecule has 2 aromatic rings. The van der Waals surface area contributed by atoms with Gasteiger partial charge < -0.3 is 9.88 Å². The van der Waals surface area contributed by atoms with E-state index in [1.54, 1.807) is 6.20 Å². The maximum Gasteiger partial charge on any atom is 0.128 e. The molecular weight excluding hydrogens is 234 g/mol. The van der Waals surface area contributed by atoms with Crippen molar-refractivity contribution in [1.82, 2.24) is 9.97 Å². The first-order valence-electron chi connectivity index (χ1n) is 5.80. The molecule has 4 heteroatoms. The number of halogens is 1. The van der Waals surface area contributed by atoms with Crippen LogP contribution in [0.3, 0.4) is 0 Å². The second kappa shape index (κ2) is 4.08. The van der Waals surface area contributed by atoms with Crippen molar-refractivity contribution in [3.63, 3.8) is 0 Å². The molecule has 1 aromatic heterocycles. The number of H-pyrrole nitrogens is 1. The zero-order valence-corrected chi connectivity index (χ0v) is 10.4. The van der Waals surface area contributed by atoms with Gasteiger partial charge in [0.25, 0.3) is 0 Å². The number of benzene rings is 1. The maximum absolute atomic E-state index is 6.01. The van der Waals surface area contributed by atoms with E-state index in [0.717, 1.165) is 23.8 Å². The van der Waals surface area contributed by atoms with Crippen molar-refractivity contribution in [2.75, 3.05) is 11.4 Å². The second-order valence-electron chi connectivity index (χ2n) is 4.37. The van der Waals surface area contributed by atoms with E-state index < -0.39 is 0 Å². The molecule has 3 rings (SSSR count). The van der Waals surface area contributed by atoms with Gasteiger partial charge in [0.15, 0.2) is 0 Å². The van der Waals surface area contributed by atoms with Gasteiger partial charge in [0.2, 0.25) is 0 Å². The minimum atomic E-state index is 0.271. The summed E-state index contributed by atoms with van der Waals surface area (Å²) in [6.07, 6.45) is 4.72. The average molecular weight is 248 g/mol. The van der Waals surface area contributed by atoms with E-state index in [4.69, 9.17) is 11.6 Å². The Balaban J connectivity index is 1.93. The van der Waals surface area contributed by atoms with Crippen molar-refractivity contribution in [2.45, 2.75) is 19.4 Å². The van der Waals surface area contributed by atoms with Crippen molar-refractivity contribution < 1.29 is 0 Å². The number of hydrogen-bond donors (Lipinski definition) is 1. The summed E-state index contributed by atoms with van der Waals surface area (Å²) in [5.41, 5.74) is 2.61. The number of nitrogens with one attached hydrogen (secondary N) is 1. The normalized spacial score (nSPS) is 16.0. The Bertz CT molecular complexity index is 521. The van der Waals surface area contributed by atoms with Crippen LogP contribution in [-0.2, 0) is 6.42 Å². The summed E-state index contributed by atoms with van der Waals surface area (Å²) < 4.78 is 0. The SMILES string of the molecule is CC(c1ncc[nH]1)N1CCc2cc(Cl)ccc21. The number of imidazole rings is 1. The highest BCUT2D eigenvalue weighted by Gasteiger charge is 2.25. The first-order chi connectivity index (χ1) is 8.25. The van der Waals surface area contributed by atoms with E-state index in [1.165, 1.54) is 11.3 Å². The van der Waals surface area contributed by atoms with Gasteiger partial charge in [-0.3, -0.25) is 0 Å². The van der Waals surface area contributed by atoms with Crippen LogP contribution in [0.5, 0.6) is 0 Å². The van der Waals surface area contributed by atoms with Gasteiger partial charge in [-0.15, -0.1) is 0 Å². The Labute approximate surface area is 105 Å². The molecule has 1 aliphatic heterocycles. The van der Waals surface area contributed by atoms with Gasteiger partial charge in [0, 0.05) is 29.6 Å². The molecule has 0 aliphatic carbocycles. The molecule has 1 atom stereocenters. The third kappa shape index (κ3) is 1.80. The van der Waals surface area contributed by atoms with Crippen molar-refractivity contribution in [1.29, 1.82) is 0 Å². The maximum atomic E-state index is 6.01. The summed E-state index contributed by atoms with van der Waals surface area (Å²) >= 11 is 6.01. The minimum absolute atomic E-state index is 0.271. The lowest BCUT2D eigenvalue weighted by atomic mass is 10.1. The van der Waals surface area contributed by atoms with Gasteiger partial charge in [0.1, 0.15) is 5.82 Å². The largest absolute Gasteiger partial charge is 0.361 e. The molecule has 3 nitrogen and oxygen atoms in total. The number of anilines is 1. The number of nitrogens with zero attached hydrogens (tertiary/aromatic N) is 2. The average Bonchev–Trinajstić information content (AvgIpc) is 2.96. The number of aromatic nitrogens is 2. The quantitative estimate of drug-likeness (QED) is 0.884. The Hall–Kier alpha value is -1.48. The van der Waals surface area contributed by atoms with E-state index in [0.29, 0.717) is 0 Å². The van der Waals surface area contributed by atoms with Gasteiger partial charge in [-0.2, -0.15) is 0 Å². The Morgan fingerprint density at radius 2 is 2.35 bits per heavy atom. The molecule has 17 heavy (non-hydrogen) atoms. The van der Waals surface area contributed by atoms with Gasteiger partial charge >= 0.3 is 0 Å². The molecule has 0 saturated heterocycles. The van der Waals surface area contributed by atoms with Crippen LogP contribution >= 0.6 is 11.6 Å². The van der Waals surface area contributed by atoms with Crippen molar-refractivity contribution in [3.05, 3.63) is 47.0 Å². The molecule has 0 fully saturated rings. The molecule has 1 aromatic carbocycles. The molecule has 2 heterocycles. The lowest BCUT2D eigenvalue weighted by Gasteiger charge is -2.25. The molecule has 1 N–H and O–H groups in total. The predicted molar refractivity (Wildman–Crippen MR) is 69.5 cm³/mol. The predicted octanol–water partition coefficient (Wildman–Crippen LogP) is 3.19. The number of rotatable bonds is 2. The van der Waals surface area contributed by atoms with Crippen LogP contribution in [0, 0.1) is 0 Å². The number of aromatic amines is 1. The summed E-state index contributed by atoms with van der Waals surface area (Å²) in [7, 11) is 0. The van der Waals surface area contributed by atoms with Crippen LogP contribution in [0.4, 0.5) is 5.69 Å². The van der Waals surface area contributed by atoms with Crippen molar-refractivity contribution in [2.24, 2.45) is 0 Å². The van der Waals surface area contributed by atoms with Gasteiger partial charge in [-0.1, -0.05) is 11.6 Å². The lowest BCUT2D eigenvalue weighted by molar-refractivity contribution is 0.661. The molecular formula is C13H14ClN3. The fraction of sp³-hybridized carbons (Fsp3) is 0.308. The topological polar surface area (TPSA) is 31.9 Å². The van der Waals surface area contributed by atoms with Crippen molar-refractivity contribution >= 4 is 17.3 Å². The lowest BCUT2D eigenvalue weighted by Crippen LogP contribution is -2.25. The summed E-state index contributed by atoms with van der Waals surface area (Å²) in [5.74, 6) is 1.01. The third-order valence-electron chi connectivity index (χ3n) is 3.36. The first-order valence-corrected chi connectivity index (χ1v) is 6.18. The van der Waals surface area contributed by atoms with Crippen LogP contribution in [0.1, 0.15) is 24.4 Å². The number of fused-ring (bicyclic) bond motifs is 1.